The molecule has 18 nitrogen and oxygen atoms in total. The van der Waals surface area contributed by atoms with Gasteiger partial charge in [0.25, 0.3) is 11.8 Å². The normalized spacial score (nSPS) is 10.9. The van der Waals surface area contributed by atoms with Crippen molar-refractivity contribution < 1.29 is 38.5 Å². The van der Waals surface area contributed by atoms with Crippen molar-refractivity contribution in [3.8, 4) is 11.6 Å². The highest BCUT2D eigenvalue weighted by molar-refractivity contribution is 6.08. The third-order valence-corrected chi connectivity index (χ3v) is 7.41. The van der Waals surface area contributed by atoms with Crippen molar-refractivity contribution in [2.24, 2.45) is 0 Å². The van der Waals surface area contributed by atoms with Crippen LogP contribution in [0.4, 0.5) is 15.8 Å². The summed E-state index contributed by atoms with van der Waals surface area (Å²) < 4.78 is 23.2. The van der Waals surface area contributed by atoms with Crippen LogP contribution >= 0.6 is 0 Å². The number of carboxylic acid groups (broad SMARTS) is 2. The number of rotatable bonds is 12. The monoisotopic (exact) mass is 681 g/mol. The van der Waals surface area contributed by atoms with E-state index in [1.807, 2.05) is 0 Å². The van der Waals surface area contributed by atoms with Crippen molar-refractivity contribution in [1.82, 2.24) is 45.0 Å². The SMILES string of the molecule is COc1cc(NC(=O)c2ccc3nnnn3n2)c(C(=O)O)cc1CCCc1cc(NC(=O)c2ccc(-n3ccnc3)nn2)c(C(=O)O)cc1F. The maximum absolute atomic E-state index is 15.1. The second-order valence-corrected chi connectivity index (χ2v) is 10.6. The third-order valence-electron chi connectivity index (χ3n) is 7.41. The molecule has 0 atom stereocenters. The molecule has 0 fully saturated rings. The minimum atomic E-state index is -1.46. The van der Waals surface area contributed by atoms with Crippen molar-refractivity contribution in [3.05, 3.63) is 107 Å². The molecule has 0 unspecified atom stereocenters. The van der Waals surface area contributed by atoms with Crippen LogP contribution in [0, 0.1) is 5.82 Å². The molecular formula is C31H24FN11O7. The number of hydrogen-bond donors (Lipinski definition) is 4. The molecule has 0 radical (unpaired) electrons. The fraction of sp³-hybridized carbons (Fsp3) is 0.129. The summed E-state index contributed by atoms with van der Waals surface area (Å²) in [6, 6.07) is 10.5. The number of anilines is 2. The number of aromatic carboxylic acids is 2. The molecule has 50 heavy (non-hydrogen) atoms. The number of benzene rings is 2. The number of nitrogens with one attached hydrogen (secondary N) is 2. The van der Waals surface area contributed by atoms with Gasteiger partial charge in [0.05, 0.1) is 29.6 Å². The highest BCUT2D eigenvalue weighted by Crippen LogP contribution is 2.30. The van der Waals surface area contributed by atoms with Crippen LogP contribution in [-0.4, -0.2) is 86.1 Å². The lowest BCUT2D eigenvalue weighted by atomic mass is 9.98. The number of amides is 2. The van der Waals surface area contributed by atoms with Crippen LogP contribution in [0.15, 0.2) is 67.3 Å². The first kappa shape index (κ1) is 32.7. The average molecular weight is 682 g/mol. The summed E-state index contributed by atoms with van der Waals surface area (Å²) in [6.07, 6.45) is 5.22. The average Bonchev–Trinajstić information content (AvgIpc) is 3.82. The Balaban J connectivity index is 1.17. The quantitative estimate of drug-likeness (QED) is 0.145. The van der Waals surface area contributed by atoms with Gasteiger partial charge in [-0.2, -0.15) is 0 Å². The molecule has 0 saturated heterocycles. The standard InChI is InChI=1S/C31H24FN11O7/c1-50-25-14-24(35-29(45)22-6-8-27-38-40-41-43(27)39-22)18(30(46)47)11-17(25)4-2-3-16-12-23(19(31(48)49)13-20(16)32)34-28(44)21-5-7-26(37-36-21)42-10-9-33-15-42/h5-15H,2-4H2,1H3,(H,34,44)(H,35,45)(H,46,47)(H,48,49). The fourth-order valence-corrected chi connectivity index (χ4v) is 4.97. The number of ether oxygens (including phenoxy) is 1. The molecular weight excluding hydrogens is 657 g/mol. The number of aromatic nitrogens is 9. The lowest BCUT2D eigenvalue weighted by Crippen LogP contribution is -2.18. The number of halogens is 1. The largest absolute Gasteiger partial charge is 0.496 e. The zero-order chi connectivity index (χ0) is 35.4. The summed E-state index contributed by atoms with van der Waals surface area (Å²) in [4.78, 5) is 53.8. The molecule has 0 spiro atoms. The van der Waals surface area contributed by atoms with Gasteiger partial charge >= 0.3 is 11.9 Å². The first-order valence-electron chi connectivity index (χ1n) is 14.6. The van der Waals surface area contributed by atoms with Crippen molar-refractivity contribution in [2.45, 2.75) is 19.3 Å². The van der Waals surface area contributed by atoms with E-state index in [1.54, 1.807) is 17.0 Å². The Hall–Kier alpha value is -7.18. The molecule has 0 aliphatic rings. The molecule has 0 aliphatic heterocycles. The first-order chi connectivity index (χ1) is 24.1. The Morgan fingerprint density at radius 3 is 2.22 bits per heavy atom. The van der Waals surface area contributed by atoms with Gasteiger partial charge < -0.3 is 25.6 Å². The van der Waals surface area contributed by atoms with Crippen LogP contribution in [0.2, 0.25) is 0 Å². The van der Waals surface area contributed by atoms with Gasteiger partial charge in [-0.15, -0.1) is 25.0 Å². The number of aryl methyl sites for hydroxylation is 2. The number of methoxy groups -OCH3 is 1. The van der Waals surface area contributed by atoms with Crippen LogP contribution in [0.25, 0.3) is 11.5 Å². The summed E-state index contributed by atoms with van der Waals surface area (Å²) in [7, 11) is 1.37. The molecule has 4 aromatic heterocycles. The Morgan fingerprint density at radius 2 is 1.54 bits per heavy atom. The molecule has 19 heteroatoms. The Bertz CT molecular complexity index is 2260. The number of imidazole rings is 1. The molecule has 0 saturated carbocycles. The zero-order valence-electron chi connectivity index (χ0n) is 25.8. The number of carbonyl (C=O) groups is 4. The van der Waals surface area contributed by atoms with Crippen LogP contribution in [0.1, 0.15) is 59.2 Å². The number of hydrogen-bond acceptors (Lipinski definition) is 12. The number of nitrogens with zero attached hydrogens (tertiary/aromatic N) is 9. The van der Waals surface area contributed by atoms with E-state index in [9.17, 15) is 29.4 Å². The van der Waals surface area contributed by atoms with E-state index in [1.165, 1.54) is 55.9 Å². The van der Waals surface area contributed by atoms with Crippen molar-refractivity contribution in [3.63, 3.8) is 0 Å². The number of tetrazole rings is 1. The maximum atomic E-state index is 15.1. The highest BCUT2D eigenvalue weighted by atomic mass is 19.1. The molecule has 0 bridgehead atoms. The number of carbonyl (C=O) groups excluding carboxylic acids is 2. The van der Waals surface area contributed by atoms with Crippen molar-refractivity contribution in [2.75, 3.05) is 17.7 Å². The number of fused-ring (bicyclic) bond motifs is 1. The van der Waals surface area contributed by atoms with E-state index in [0.717, 1.165) is 10.7 Å². The minimum Gasteiger partial charge on any atom is -0.496 e. The van der Waals surface area contributed by atoms with E-state index in [2.05, 4.69) is 46.4 Å². The van der Waals surface area contributed by atoms with Gasteiger partial charge in [-0.05, 0) is 83.3 Å². The van der Waals surface area contributed by atoms with Crippen LogP contribution in [0.3, 0.4) is 0 Å². The Morgan fingerprint density at radius 1 is 0.840 bits per heavy atom. The van der Waals surface area contributed by atoms with Gasteiger partial charge in [0.1, 0.15) is 17.9 Å². The molecule has 4 heterocycles. The summed E-state index contributed by atoms with van der Waals surface area (Å²) in [5.41, 5.74) is -0.251. The van der Waals surface area contributed by atoms with Crippen molar-refractivity contribution >= 4 is 40.8 Å². The van der Waals surface area contributed by atoms with Crippen molar-refractivity contribution in [1.29, 1.82) is 0 Å². The van der Waals surface area contributed by atoms with Gasteiger partial charge in [-0.1, -0.05) is 0 Å². The van der Waals surface area contributed by atoms with E-state index >= 15 is 4.39 Å². The summed E-state index contributed by atoms with van der Waals surface area (Å²) >= 11 is 0. The molecule has 6 aromatic rings. The Kier molecular flexibility index (Phi) is 9.10. The van der Waals surface area contributed by atoms with Gasteiger partial charge in [-0.25, -0.2) is 19.0 Å². The molecule has 6 rings (SSSR count). The summed E-state index contributed by atoms with van der Waals surface area (Å²) in [5, 5.41) is 47.3. The van der Waals surface area contributed by atoms with E-state index in [0.29, 0.717) is 17.0 Å². The predicted octanol–water partition coefficient (Wildman–Crippen LogP) is 2.72. The lowest BCUT2D eigenvalue weighted by molar-refractivity contribution is 0.0686. The maximum Gasteiger partial charge on any atom is 0.337 e. The van der Waals surface area contributed by atoms with E-state index < -0.39 is 35.1 Å². The van der Waals surface area contributed by atoms with Gasteiger partial charge in [0, 0.05) is 18.5 Å². The molecule has 252 valence electrons. The molecule has 4 N–H and O–H groups in total. The highest BCUT2D eigenvalue weighted by Gasteiger charge is 2.21. The van der Waals surface area contributed by atoms with Crippen LogP contribution < -0.4 is 15.4 Å². The second-order valence-electron chi connectivity index (χ2n) is 10.6. The second kappa shape index (κ2) is 13.9. The summed E-state index contributed by atoms with van der Waals surface area (Å²) in [6.45, 7) is 0. The first-order valence-corrected chi connectivity index (χ1v) is 14.6. The third kappa shape index (κ3) is 6.90. The topological polar surface area (TPSA) is 242 Å². The van der Waals surface area contributed by atoms with Gasteiger partial charge in [-0.3, -0.25) is 14.2 Å². The van der Waals surface area contributed by atoms with Gasteiger partial charge in [0.2, 0.25) is 0 Å². The van der Waals surface area contributed by atoms with Gasteiger partial charge in [0.15, 0.2) is 22.9 Å². The minimum absolute atomic E-state index is 0.0570. The zero-order valence-corrected chi connectivity index (χ0v) is 25.8. The lowest BCUT2D eigenvalue weighted by Gasteiger charge is -2.15. The molecule has 2 amide bonds. The predicted molar refractivity (Wildman–Crippen MR) is 169 cm³/mol. The number of carboxylic acids is 2. The summed E-state index contributed by atoms with van der Waals surface area (Å²) in [5.74, 6) is -4.43. The molecule has 2 aromatic carbocycles. The smallest absolute Gasteiger partial charge is 0.337 e. The van der Waals surface area contributed by atoms with E-state index in [4.69, 9.17) is 4.74 Å². The van der Waals surface area contributed by atoms with E-state index in [-0.39, 0.29) is 58.9 Å². The fourth-order valence-electron chi connectivity index (χ4n) is 4.97. The molecule has 0 aliphatic carbocycles. The van der Waals surface area contributed by atoms with Crippen LogP contribution in [0.5, 0.6) is 5.75 Å². The Labute approximate surface area is 279 Å². The van der Waals surface area contributed by atoms with Crippen LogP contribution in [-0.2, 0) is 12.8 Å².